The number of nitrogens with zero attached hydrogens (tertiary/aromatic N) is 2. The number of ketones is 1. The van der Waals surface area contributed by atoms with E-state index in [0.29, 0.717) is 36.8 Å². The first-order valence-corrected chi connectivity index (χ1v) is 15.8. The van der Waals surface area contributed by atoms with E-state index in [0.717, 1.165) is 32.4 Å². The fourth-order valence-electron chi connectivity index (χ4n) is 7.24. The van der Waals surface area contributed by atoms with Gasteiger partial charge < -0.3 is 20.9 Å². The van der Waals surface area contributed by atoms with Gasteiger partial charge in [0.1, 0.15) is 11.6 Å². The van der Waals surface area contributed by atoms with Crippen LogP contribution >= 0.6 is 0 Å². The van der Waals surface area contributed by atoms with Gasteiger partial charge in [0.2, 0.25) is 5.91 Å². The van der Waals surface area contributed by atoms with E-state index in [4.69, 9.17) is 5.73 Å². The third-order valence-corrected chi connectivity index (χ3v) is 9.63. The van der Waals surface area contributed by atoms with Gasteiger partial charge in [-0.1, -0.05) is 24.6 Å². The molecule has 0 bridgehead atoms. The summed E-state index contributed by atoms with van der Waals surface area (Å²) < 4.78 is 123. The highest BCUT2D eigenvalue weighted by molar-refractivity contribution is 6.00. The number of hydrogen-bond acceptors (Lipinski definition) is 5. The van der Waals surface area contributed by atoms with E-state index in [1.54, 1.807) is 29.2 Å². The van der Waals surface area contributed by atoms with E-state index < -0.39 is 70.6 Å². The van der Waals surface area contributed by atoms with Gasteiger partial charge in [-0.2, -0.15) is 39.5 Å². The van der Waals surface area contributed by atoms with Crippen molar-refractivity contribution in [1.82, 2.24) is 20.1 Å². The molecular weight excluding hydrogens is 669 g/mol. The first kappa shape index (κ1) is 36.6. The topological polar surface area (TPSA) is 94.5 Å². The number of aromatic amines is 1. The summed E-state index contributed by atoms with van der Waals surface area (Å²) in [5.41, 5.74) is -3.09. The van der Waals surface area contributed by atoms with E-state index in [1.165, 1.54) is 13.1 Å². The molecule has 0 spiro atoms. The summed E-state index contributed by atoms with van der Waals surface area (Å²) in [6.45, 7) is 2.61. The number of benzene rings is 2. The van der Waals surface area contributed by atoms with Crippen LogP contribution in [0.4, 0.5) is 39.5 Å². The lowest BCUT2D eigenvalue weighted by molar-refractivity contribution is -0.174. The minimum absolute atomic E-state index is 0.0577. The Labute approximate surface area is 276 Å². The van der Waals surface area contributed by atoms with Gasteiger partial charge in [-0.3, -0.25) is 14.5 Å². The predicted octanol–water partition coefficient (Wildman–Crippen LogP) is 6.60. The summed E-state index contributed by atoms with van der Waals surface area (Å²) in [5, 5.41) is 2.83. The van der Waals surface area contributed by atoms with Crippen LogP contribution in [0.1, 0.15) is 66.8 Å². The van der Waals surface area contributed by atoms with Crippen LogP contribution in [0.15, 0.2) is 42.6 Å². The molecule has 268 valence electrons. The molecule has 2 atom stereocenters. The van der Waals surface area contributed by atoms with E-state index >= 15 is 0 Å². The number of nitrogens with one attached hydrogen (secondary N) is 2. The fourth-order valence-corrected chi connectivity index (χ4v) is 7.24. The van der Waals surface area contributed by atoms with Crippen molar-refractivity contribution >= 4 is 22.6 Å². The number of halogens is 9. The number of H-pyrrole nitrogens is 1. The molecule has 2 unspecified atom stereocenters. The Kier molecular flexibility index (Phi) is 10.2. The molecule has 1 aromatic heterocycles. The largest absolute Gasteiger partial charge is 0.417 e. The number of Topliss-reactive ketones (excluding diaryl/α,β-unsaturated/α-hetero) is 1. The first-order valence-electron chi connectivity index (χ1n) is 15.8. The highest BCUT2D eigenvalue weighted by Crippen LogP contribution is 2.47. The number of alkyl halides is 9. The number of fused-ring (bicyclic) bond motifs is 1. The Bertz CT molecular complexity index is 1630. The van der Waals surface area contributed by atoms with E-state index in [-0.39, 0.29) is 23.7 Å². The van der Waals surface area contributed by atoms with Crippen molar-refractivity contribution in [3.05, 3.63) is 70.4 Å². The number of hydrogen-bond donors (Lipinski definition) is 3. The predicted molar refractivity (Wildman–Crippen MR) is 162 cm³/mol. The van der Waals surface area contributed by atoms with Gasteiger partial charge in [-0.05, 0) is 69.5 Å². The van der Waals surface area contributed by atoms with Crippen LogP contribution < -0.4 is 11.1 Å². The number of aromatic nitrogens is 1. The fraction of sp³-hybridized carbons (Fsp3) is 0.515. The molecule has 5 rings (SSSR count). The number of likely N-dealkylation sites (tertiary alicyclic amines) is 2. The van der Waals surface area contributed by atoms with Crippen molar-refractivity contribution in [2.45, 2.75) is 81.7 Å². The zero-order valence-electron chi connectivity index (χ0n) is 26.5. The van der Waals surface area contributed by atoms with Crippen LogP contribution in [-0.2, 0) is 40.2 Å². The molecule has 2 aromatic carbocycles. The van der Waals surface area contributed by atoms with Crippen LogP contribution in [0.25, 0.3) is 10.9 Å². The molecule has 2 fully saturated rings. The maximum atomic E-state index is 14.1. The van der Waals surface area contributed by atoms with Crippen molar-refractivity contribution in [3.8, 4) is 0 Å². The van der Waals surface area contributed by atoms with E-state index in [2.05, 4.69) is 15.2 Å². The molecule has 3 heterocycles. The van der Waals surface area contributed by atoms with Gasteiger partial charge in [0.05, 0.1) is 16.7 Å². The quantitative estimate of drug-likeness (QED) is 0.230. The Morgan fingerprint density at radius 2 is 1.43 bits per heavy atom. The van der Waals surface area contributed by atoms with E-state index in [1.807, 2.05) is 0 Å². The number of rotatable bonds is 8. The van der Waals surface area contributed by atoms with Crippen molar-refractivity contribution in [2.24, 2.45) is 5.73 Å². The third kappa shape index (κ3) is 7.45. The van der Waals surface area contributed by atoms with Crippen molar-refractivity contribution in [1.29, 1.82) is 0 Å². The molecular formula is C33H36F9N5O2. The van der Waals surface area contributed by atoms with Crippen molar-refractivity contribution in [3.63, 3.8) is 0 Å². The molecule has 0 saturated carbocycles. The summed E-state index contributed by atoms with van der Waals surface area (Å²) in [5.74, 6) is -1.62. The monoisotopic (exact) mass is 705 g/mol. The standard InChI is InChI=1S/C33H36F9N5O2/c1-19(48)30(43,25-18-44-26-8-4-3-7-22(25)26)28(47-13-9-21(10-14-47)46-11-5-2-6-12-46)29(49)45-17-20-15-23(31(34,35)36)27(33(40,41)42)24(16-20)32(37,38)39/h3-4,7-8,15-16,18,21,28,44H,2,5-6,9-14,17,43H2,1H3,(H,45,49). The third-order valence-electron chi connectivity index (χ3n) is 9.63. The summed E-state index contributed by atoms with van der Waals surface area (Å²) >= 11 is 0. The van der Waals surface area contributed by atoms with Gasteiger partial charge in [0.15, 0.2) is 5.78 Å². The summed E-state index contributed by atoms with van der Waals surface area (Å²) in [6, 6.07) is 5.44. The minimum Gasteiger partial charge on any atom is -0.361 e. The van der Waals surface area contributed by atoms with E-state index in [9.17, 15) is 49.1 Å². The van der Waals surface area contributed by atoms with Crippen LogP contribution in [0.5, 0.6) is 0 Å². The smallest absolute Gasteiger partial charge is 0.361 e. The molecule has 0 radical (unpaired) electrons. The minimum atomic E-state index is -5.98. The maximum absolute atomic E-state index is 14.1. The molecule has 0 aliphatic carbocycles. The molecule has 3 aromatic rings. The van der Waals surface area contributed by atoms with Gasteiger partial charge in [-0.15, -0.1) is 0 Å². The lowest BCUT2D eigenvalue weighted by atomic mass is 9.78. The zero-order chi connectivity index (χ0) is 35.9. The van der Waals surface area contributed by atoms with Crippen LogP contribution in [0.2, 0.25) is 0 Å². The molecule has 16 heteroatoms. The Morgan fingerprint density at radius 1 is 0.857 bits per heavy atom. The lowest BCUT2D eigenvalue weighted by Gasteiger charge is -2.46. The molecule has 2 saturated heterocycles. The van der Waals surface area contributed by atoms with Gasteiger partial charge in [0, 0.05) is 48.3 Å². The van der Waals surface area contributed by atoms with Gasteiger partial charge in [0.25, 0.3) is 0 Å². The second-order valence-corrected chi connectivity index (χ2v) is 12.7. The number of para-hydroxylation sites is 1. The highest BCUT2D eigenvalue weighted by atomic mass is 19.4. The molecule has 4 N–H and O–H groups in total. The number of piperidine rings is 2. The van der Waals surface area contributed by atoms with Crippen LogP contribution in [-0.4, -0.2) is 64.7 Å². The number of carbonyl (C=O) groups excluding carboxylic acids is 2. The lowest BCUT2D eigenvalue weighted by Crippen LogP contribution is -2.67. The van der Waals surface area contributed by atoms with Crippen molar-refractivity contribution in [2.75, 3.05) is 26.2 Å². The Morgan fingerprint density at radius 3 is 1.96 bits per heavy atom. The second-order valence-electron chi connectivity index (χ2n) is 12.7. The molecule has 49 heavy (non-hydrogen) atoms. The molecule has 2 aliphatic rings. The van der Waals surface area contributed by atoms with Gasteiger partial charge in [-0.25, -0.2) is 0 Å². The molecule has 2 aliphatic heterocycles. The highest BCUT2D eigenvalue weighted by Gasteiger charge is 2.52. The second kappa shape index (κ2) is 13.6. The SMILES string of the molecule is CC(=O)C(N)(c1c[nH]c2ccccc12)C(C(=O)NCc1cc(C(F)(F)F)c(C(F)(F)F)c(C(F)(F)F)c1)N1CCC(N2CCCCC2)CC1. The van der Waals surface area contributed by atoms with Crippen molar-refractivity contribution < 1.29 is 49.1 Å². The summed E-state index contributed by atoms with van der Waals surface area (Å²) in [6.07, 6.45) is -11.7. The normalized spacial score (nSPS) is 19.5. The zero-order valence-corrected chi connectivity index (χ0v) is 26.5. The molecule has 1 amide bonds. The average molecular weight is 706 g/mol. The Balaban J connectivity index is 1.53. The Hall–Kier alpha value is -3.63. The number of carbonyl (C=O) groups is 2. The first-order chi connectivity index (χ1) is 22.8. The average Bonchev–Trinajstić information content (AvgIpc) is 3.47. The summed E-state index contributed by atoms with van der Waals surface area (Å²) in [7, 11) is 0. The molecule has 7 nitrogen and oxygen atoms in total. The van der Waals surface area contributed by atoms with Crippen LogP contribution in [0, 0.1) is 0 Å². The van der Waals surface area contributed by atoms with Crippen LogP contribution in [0.3, 0.4) is 0 Å². The number of nitrogens with two attached hydrogens (primary N) is 1. The maximum Gasteiger partial charge on any atom is 0.417 e. The van der Waals surface area contributed by atoms with Gasteiger partial charge >= 0.3 is 18.5 Å². The number of amides is 1. The summed E-state index contributed by atoms with van der Waals surface area (Å²) in [4.78, 5) is 34.7.